The molecule has 1 saturated carbocycles. The number of ether oxygens (including phenoxy) is 1. The molecule has 1 aromatic carbocycles. The maximum Gasteiger partial charge on any atom is 0.348 e. The molecule has 2 aromatic rings. The van der Waals surface area contributed by atoms with Gasteiger partial charge in [0.25, 0.3) is 0 Å². The number of hydrogen-bond acceptors (Lipinski definition) is 5. The Balaban J connectivity index is 1.25. The van der Waals surface area contributed by atoms with Gasteiger partial charge < -0.3 is 9.84 Å². The molecule has 2 aliphatic rings. The van der Waals surface area contributed by atoms with Crippen molar-refractivity contribution in [3.8, 4) is 0 Å². The summed E-state index contributed by atoms with van der Waals surface area (Å²) in [6, 6.07) is 12.4. The Morgan fingerprint density at radius 2 is 1.82 bits per heavy atom. The van der Waals surface area contributed by atoms with Crippen molar-refractivity contribution in [2.75, 3.05) is 26.2 Å². The van der Waals surface area contributed by atoms with Crippen LogP contribution in [0.4, 0.5) is 0 Å². The van der Waals surface area contributed by atoms with Crippen molar-refractivity contribution >= 4 is 40.5 Å². The third-order valence-corrected chi connectivity index (χ3v) is 10.5. The van der Waals surface area contributed by atoms with Gasteiger partial charge in [0.05, 0.1) is 6.10 Å². The van der Waals surface area contributed by atoms with Gasteiger partial charge in [0.15, 0.2) is 0 Å². The summed E-state index contributed by atoms with van der Waals surface area (Å²) >= 11 is 15.2. The Morgan fingerprint density at radius 3 is 2.56 bits per heavy atom. The lowest BCUT2D eigenvalue weighted by Gasteiger charge is -2.25. The summed E-state index contributed by atoms with van der Waals surface area (Å²) in [6.45, 7) is 5.70. The van der Waals surface area contributed by atoms with E-state index in [1.165, 1.54) is 29.7 Å². The highest BCUT2D eigenvalue weighted by atomic mass is 35.5. The minimum absolute atomic E-state index is 0.0193. The van der Waals surface area contributed by atoms with E-state index in [1.807, 2.05) is 6.07 Å². The molecule has 0 bridgehead atoms. The normalized spacial score (nSPS) is 24.6. The van der Waals surface area contributed by atoms with Crippen LogP contribution in [0.2, 0.25) is 0 Å². The van der Waals surface area contributed by atoms with Crippen LogP contribution in [0.1, 0.15) is 109 Å². The Hall–Kier alpha value is -1.11. The summed E-state index contributed by atoms with van der Waals surface area (Å²) in [5.74, 6) is 0.326. The number of nitrogens with zero attached hydrogens (tertiary/aromatic N) is 1. The van der Waals surface area contributed by atoms with Crippen molar-refractivity contribution in [2.45, 2.75) is 100 Å². The lowest BCUT2D eigenvalue weighted by molar-refractivity contribution is 0.0457. The van der Waals surface area contributed by atoms with Crippen molar-refractivity contribution in [1.82, 2.24) is 4.90 Å². The third-order valence-electron chi connectivity index (χ3n) is 8.47. The van der Waals surface area contributed by atoms with E-state index in [0.717, 1.165) is 76.6 Å². The lowest BCUT2D eigenvalue weighted by Crippen LogP contribution is -2.33. The first kappa shape index (κ1) is 30.8. The van der Waals surface area contributed by atoms with Gasteiger partial charge in [0, 0.05) is 28.1 Å². The van der Waals surface area contributed by atoms with E-state index in [2.05, 4.69) is 42.2 Å². The highest BCUT2D eigenvalue weighted by molar-refractivity contribution is 7.13. The molecule has 216 valence electrons. The maximum absolute atomic E-state index is 12.5. The molecule has 2 heterocycles. The number of benzene rings is 1. The maximum atomic E-state index is 12.5. The van der Waals surface area contributed by atoms with Gasteiger partial charge in [-0.2, -0.15) is 0 Å². The van der Waals surface area contributed by atoms with Gasteiger partial charge in [0.2, 0.25) is 0 Å². The number of aryl methyl sites for hydroxylation is 1. The highest BCUT2D eigenvalue weighted by Gasteiger charge is 2.41. The minimum atomic E-state index is -0.403. The largest absolute Gasteiger partial charge is 0.460 e. The summed E-state index contributed by atoms with van der Waals surface area (Å²) in [5, 5.41) is 10.6. The topological polar surface area (TPSA) is 49.8 Å². The molecule has 4 nitrogen and oxygen atoms in total. The molecule has 1 N–H and O–H groups in total. The van der Waals surface area contributed by atoms with Crippen molar-refractivity contribution < 1.29 is 14.6 Å². The lowest BCUT2D eigenvalue weighted by atomic mass is 9.84. The fourth-order valence-electron chi connectivity index (χ4n) is 6.20. The zero-order valence-corrected chi connectivity index (χ0v) is 25.7. The fourth-order valence-corrected chi connectivity index (χ4v) is 8.23. The number of aliphatic hydroxyl groups excluding tert-OH is 1. The quantitative estimate of drug-likeness (QED) is 0.136. The Morgan fingerprint density at radius 1 is 1.05 bits per heavy atom. The van der Waals surface area contributed by atoms with Crippen LogP contribution in [0.15, 0.2) is 36.4 Å². The zero-order valence-electron chi connectivity index (χ0n) is 23.3. The molecular weight excluding hydrogens is 549 g/mol. The first-order valence-corrected chi connectivity index (χ1v) is 16.7. The summed E-state index contributed by atoms with van der Waals surface area (Å²) in [5.41, 5.74) is 2.20. The smallest absolute Gasteiger partial charge is 0.348 e. The molecule has 2 fully saturated rings. The Labute approximate surface area is 249 Å². The molecule has 4 rings (SSSR count). The van der Waals surface area contributed by atoms with Crippen molar-refractivity contribution in [3.05, 3.63) is 57.3 Å². The molecule has 1 aliphatic heterocycles. The van der Waals surface area contributed by atoms with E-state index in [4.69, 9.17) is 27.9 Å². The monoisotopic (exact) mass is 593 g/mol. The number of piperidine rings is 1. The number of unbranched alkanes of at least 4 members (excludes halogenated alkanes) is 2. The summed E-state index contributed by atoms with van der Waals surface area (Å²) < 4.78 is 5.55. The number of aliphatic hydroxyl groups is 1. The van der Waals surface area contributed by atoms with Crippen LogP contribution >= 0.6 is 34.5 Å². The zero-order chi connectivity index (χ0) is 27.6. The standard InChI is InChI=1S/C32H45Cl2NO3S/c1-2-3-5-11-29(36)23-12-14-24(15-13-23)31-26(27(33)22-28(31)34)10-8-9-25-16-17-30(39-25)32(37)38-21-20-35-18-6-4-7-19-35/h12-17,26-29,31,36H,2-11,18-22H2,1H3/t26?,27?,28?,29?,31-/m1/s1. The molecule has 4 unspecified atom stereocenters. The van der Waals surface area contributed by atoms with Gasteiger partial charge in [-0.05, 0) is 87.2 Å². The molecular formula is C32H45Cl2NO3S. The summed E-state index contributed by atoms with van der Waals surface area (Å²) in [7, 11) is 0. The molecule has 7 heteroatoms. The average molecular weight is 595 g/mol. The van der Waals surface area contributed by atoms with Gasteiger partial charge in [-0.1, -0.05) is 56.9 Å². The molecule has 1 aliphatic carbocycles. The van der Waals surface area contributed by atoms with Gasteiger partial charge in [-0.25, -0.2) is 4.79 Å². The van der Waals surface area contributed by atoms with E-state index < -0.39 is 6.10 Å². The molecule has 0 spiro atoms. The third kappa shape index (κ3) is 8.94. The second-order valence-electron chi connectivity index (χ2n) is 11.3. The molecule has 5 atom stereocenters. The fraction of sp³-hybridized carbons (Fsp3) is 0.656. The van der Waals surface area contributed by atoms with Gasteiger partial charge in [0.1, 0.15) is 11.5 Å². The van der Waals surface area contributed by atoms with Gasteiger partial charge in [-0.3, -0.25) is 4.90 Å². The van der Waals surface area contributed by atoms with Crippen molar-refractivity contribution in [3.63, 3.8) is 0 Å². The van der Waals surface area contributed by atoms with Gasteiger partial charge >= 0.3 is 5.97 Å². The Bertz CT molecular complexity index is 1010. The minimum Gasteiger partial charge on any atom is -0.460 e. The number of likely N-dealkylation sites (tertiary alicyclic amines) is 1. The van der Waals surface area contributed by atoms with E-state index in [1.54, 1.807) is 11.3 Å². The molecule has 0 radical (unpaired) electrons. The first-order chi connectivity index (χ1) is 19.0. The Kier molecular flexibility index (Phi) is 12.5. The van der Waals surface area contributed by atoms with E-state index in [-0.39, 0.29) is 22.6 Å². The van der Waals surface area contributed by atoms with Crippen LogP contribution in [0.5, 0.6) is 0 Å². The second kappa shape index (κ2) is 15.8. The summed E-state index contributed by atoms with van der Waals surface area (Å²) in [4.78, 5) is 16.8. The number of thiophene rings is 1. The van der Waals surface area contributed by atoms with Crippen LogP contribution in [-0.4, -0.2) is 53.0 Å². The van der Waals surface area contributed by atoms with Crippen LogP contribution in [-0.2, 0) is 11.2 Å². The van der Waals surface area contributed by atoms with Crippen LogP contribution in [0, 0.1) is 5.92 Å². The second-order valence-corrected chi connectivity index (χ2v) is 13.6. The number of halogens is 2. The molecule has 1 aromatic heterocycles. The predicted molar refractivity (Wildman–Crippen MR) is 164 cm³/mol. The molecule has 1 saturated heterocycles. The average Bonchev–Trinajstić information content (AvgIpc) is 3.53. The number of carbonyl (C=O) groups is 1. The van der Waals surface area contributed by atoms with Crippen molar-refractivity contribution in [2.24, 2.45) is 5.92 Å². The first-order valence-electron chi connectivity index (χ1n) is 15.0. The van der Waals surface area contributed by atoms with Crippen molar-refractivity contribution in [1.29, 1.82) is 0 Å². The summed E-state index contributed by atoms with van der Waals surface area (Å²) in [6.07, 6.45) is 11.3. The van der Waals surface area contributed by atoms with Crippen LogP contribution in [0.3, 0.4) is 0 Å². The number of rotatable bonds is 14. The SMILES string of the molecule is CCCCCC(O)c1ccc([C@H]2C(Cl)CC(Cl)C2CCCc2ccc(C(=O)OCCN3CCCCC3)s2)cc1. The molecule has 39 heavy (non-hydrogen) atoms. The van der Waals surface area contributed by atoms with E-state index in [9.17, 15) is 9.90 Å². The number of carbonyl (C=O) groups excluding carboxylic acids is 1. The predicted octanol–water partition coefficient (Wildman–Crippen LogP) is 8.35. The van der Waals surface area contributed by atoms with E-state index >= 15 is 0 Å². The van der Waals surface area contributed by atoms with Crippen LogP contribution in [0.25, 0.3) is 0 Å². The van der Waals surface area contributed by atoms with Crippen LogP contribution < -0.4 is 0 Å². The van der Waals surface area contributed by atoms with E-state index in [0.29, 0.717) is 17.4 Å². The molecule has 0 amide bonds. The number of esters is 1. The van der Waals surface area contributed by atoms with Gasteiger partial charge in [-0.15, -0.1) is 34.5 Å². The highest BCUT2D eigenvalue weighted by Crippen LogP contribution is 2.47. The number of hydrogen-bond donors (Lipinski definition) is 1. The number of alkyl halides is 2.